The molecule has 0 saturated heterocycles. The van der Waals surface area contributed by atoms with Crippen LogP contribution in [-0.4, -0.2) is 19.6 Å². The summed E-state index contributed by atoms with van der Waals surface area (Å²) in [5.74, 6) is 0. The molecule has 2 aromatic carbocycles. The van der Waals surface area contributed by atoms with E-state index in [4.69, 9.17) is 0 Å². The molecule has 84 valence electrons. The minimum atomic E-state index is -0.119. The molecule has 0 amide bonds. The molecule has 0 atom stereocenters. The molecule has 0 aliphatic rings. The number of benzene rings is 2. The Hall–Kier alpha value is -1.63. The van der Waals surface area contributed by atoms with Gasteiger partial charge in [-0.2, -0.15) is 0 Å². The van der Waals surface area contributed by atoms with E-state index in [9.17, 15) is 4.79 Å². The second kappa shape index (κ2) is 6.19. The zero-order valence-corrected chi connectivity index (χ0v) is 11.0. The van der Waals surface area contributed by atoms with Crippen molar-refractivity contribution in [1.29, 1.82) is 0 Å². The van der Waals surface area contributed by atoms with Gasteiger partial charge in [-0.3, -0.25) is 0 Å². The molecule has 0 radical (unpaired) electrons. The Bertz CT molecular complexity index is 503. The van der Waals surface area contributed by atoms with Gasteiger partial charge in [-0.15, -0.1) is 0 Å². The van der Waals surface area contributed by atoms with Gasteiger partial charge in [-0.05, 0) is 0 Å². The Labute approximate surface area is 107 Å². The van der Waals surface area contributed by atoms with Crippen LogP contribution in [0.25, 0.3) is 6.08 Å². The predicted octanol–water partition coefficient (Wildman–Crippen LogP) is 2.26. The summed E-state index contributed by atoms with van der Waals surface area (Å²) in [7, 11) is 0. The number of hydrogen-bond acceptors (Lipinski definition) is 1. The van der Waals surface area contributed by atoms with E-state index in [2.05, 4.69) is 0 Å². The average molecular weight is 287 g/mol. The third-order valence-electron chi connectivity index (χ3n) is 2.17. The van der Waals surface area contributed by atoms with Crippen molar-refractivity contribution in [3.63, 3.8) is 0 Å². The van der Waals surface area contributed by atoms with Crippen LogP contribution in [0.5, 0.6) is 0 Å². The van der Waals surface area contributed by atoms with E-state index >= 15 is 0 Å². The van der Waals surface area contributed by atoms with Gasteiger partial charge >= 0.3 is 107 Å². The van der Waals surface area contributed by atoms with Crippen molar-refractivity contribution in [2.75, 3.05) is 0 Å². The SMILES string of the molecule is O=C(/C=C/c1ccccc1)[Se]c1ccccc1. The van der Waals surface area contributed by atoms with E-state index in [0.29, 0.717) is 0 Å². The standard InChI is InChI=1S/C15H12OSe/c16-15(17-14-9-5-2-6-10-14)12-11-13-7-3-1-4-8-13/h1-12H/b12-11+. The molecular weight excluding hydrogens is 275 g/mol. The van der Waals surface area contributed by atoms with E-state index < -0.39 is 0 Å². The molecule has 2 aromatic rings. The van der Waals surface area contributed by atoms with Gasteiger partial charge in [-0.1, -0.05) is 0 Å². The topological polar surface area (TPSA) is 17.1 Å². The molecule has 2 rings (SSSR count). The maximum atomic E-state index is 11.7. The zero-order valence-electron chi connectivity index (χ0n) is 9.24. The van der Waals surface area contributed by atoms with Crippen LogP contribution in [0.3, 0.4) is 0 Å². The molecule has 0 spiro atoms. The van der Waals surface area contributed by atoms with Crippen LogP contribution < -0.4 is 4.46 Å². The number of allylic oxidation sites excluding steroid dienone is 1. The fourth-order valence-corrected chi connectivity index (χ4v) is 2.76. The van der Waals surface area contributed by atoms with Crippen molar-refractivity contribution in [1.82, 2.24) is 0 Å². The van der Waals surface area contributed by atoms with Crippen LogP contribution >= 0.6 is 0 Å². The zero-order chi connectivity index (χ0) is 11.9. The first-order chi connectivity index (χ1) is 8.34. The van der Waals surface area contributed by atoms with E-state index in [1.165, 1.54) is 0 Å². The number of hydrogen-bond donors (Lipinski definition) is 0. The summed E-state index contributed by atoms with van der Waals surface area (Å²) < 4.78 is 1.30. The molecule has 0 bridgehead atoms. The van der Waals surface area contributed by atoms with Gasteiger partial charge in [0.05, 0.1) is 0 Å². The Morgan fingerprint density at radius 2 is 1.47 bits per heavy atom. The minimum absolute atomic E-state index is 0.119. The van der Waals surface area contributed by atoms with Gasteiger partial charge in [0.1, 0.15) is 0 Å². The first-order valence-corrected chi connectivity index (χ1v) is 7.06. The molecule has 0 aromatic heterocycles. The summed E-state index contributed by atoms with van der Waals surface area (Å²) in [4.78, 5) is 11.7. The Morgan fingerprint density at radius 1 is 0.882 bits per heavy atom. The average Bonchev–Trinajstić information content (AvgIpc) is 2.39. The summed E-state index contributed by atoms with van der Waals surface area (Å²) in [5.41, 5.74) is 1.06. The first-order valence-electron chi connectivity index (χ1n) is 5.34. The van der Waals surface area contributed by atoms with Crippen LogP contribution in [0.1, 0.15) is 5.56 Å². The number of rotatable bonds is 4. The van der Waals surface area contributed by atoms with Crippen molar-refractivity contribution in [3.05, 3.63) is 72.3 Å². The summed E-state index contributed by atoms with van der Waals surface area (Å²) in [6.07, 6.45) is 3.54. The van der Waals surface area contributed by atoms with Crippen molar-refractivity contribution in [3.8, 4) is 0 Å². The maximum absolute atomic E-state index is 11.7. The Morgan fingerprint density at radius 3 is 2.12 bits per heavy atom. The second-order valence-corrected chi connectivity index (χ2v) is 5.74. The molecule has 0 aliphatic carbocycles. The summed E-state index contributed by atoms with van der Waals surface area (Å²) in [6.45, 7) is 0. The quantitative estimate of drug-likeness (QED) is 0.623. The van der Waals surface area contributed by atoms with Crippen molar-refractivity contribution in [2.24, 2.45) is 0 Å². The van der Waals surface area contributed by atoms with Crippen molar-refractivity contribution in [2.45, 2.75) is 0 Å². The van der Waals surface area contributed by atoms with E-state index in [-0.39, 0.29) is 19.6 Å². The Kier molecular flexibility index (Phi) is 4.31. The predicted molar refractivity (Wildman–Crippen MR) is 72.3 cm³/mol. The molecule has 0 aliphatic heterocycles. The molecule has 0 unspecified atom stereocenters. The van der Waals surface area contributed by atoms with Gasteiger partial charge in [0, 0.05) is 0 Å². The third kappa shape index (κ3) is 4.03. The molecule has 1 nitrogen and oxygen atoms in total. The third-order valence-corrected chi connectivity index (χ3v) is 3.95. The molecule has 2 heteroatoms. The summed E-state index contributed by atoms with van der Waals surface area (Å²) in [5, 5.41) is 0. The van der Waals surface area contributed by atoms with Gasteiger partial charge in [0.2, 0.25) is 0 Å². The van der Waals surface area contributed by atoms with Gasteiger partial charge < -0.3 is 0 Å². The van der Waals surface area contributed by atoms with Crippen LogP contribution in [0.2, 0.25) is 0 Å². The van der Waals surface area contributed by atoms with Gasteiger partial charge in [0.25, 0.3) is 0 Å². The van der Waals surface area contributed by atoms with Crippen LogP contribution in [0, 0.1) is 0 Å². The van der Waals surface area contributed by atoms with Crippen LogP contribution in [0.4, 0.5) is 0 Å². The van der Waals surface area contributed by atoms with Crippen LogP contribution in [-0.2, 0) is 4.79 Å². The molecular formula is C15H12OSe. The Balaban J connectivity index is 1.96. The molecule has 0 N–H and O–H groups in total. The van der Waals surface area contributed by atoms with E-state index in [1.807, 2.05) is 66.7 Å². The summed E-state index contributed by atoms with van der Waals surface area (Å²) in [6, 6.07) is 19.7. The fourth-order valence-electron chi connectivity index (χ4n) is 1.37. The molecule has 17 heavy (non-hydrogen) atoms. The second-order valence-electron chi connectivity index (χ2n) is 3.48. The van der Waals surface area contributed by atoms with Crippen molar-refractivity contribution < 1.29 is 4.79 Å². The summed E-state index contributed by atoms with van der Waals surface area (Å²) >= 11 is -0.119. The molecule has 0 fully saturated rings. The molecule has 0 saturated carbocycles. The molecule has 0 heterocycles. The van der Waals surface area contributed by atoms with Crippen molar-refractivity contribution >= 4 is 30.2 Å². The normalized spacial score (nSPS) is 10.6. The van der Waals surface area contributed by atoms with Crippen LogP contribution in [0.15, 0.2) is 66.7 Å². The van der Waals surface area contributed by atoms with Gasteiger partial charge in [0.15, 0.2) is 0 Å². The van der Waals surface area contributed by atoms with Gasteiger partial charge in [-0.25, -0.2) is 0 Å². The van der Waals surface area contributed by atoms with E-state index in [1.54, 1.807) is 6.08 Å². The monoisotopic (exact) mass is 288 g/mol. The first kappa shape index (κ1) is 11.8. The van der Waals surface area contributed by atoms with E-state index in [0.717, 1.165) is 10.0 Å². The number of carbonyl (C=O) groups excluding carboxylic acids is 1. The number of carbonyl (C=O) groups is 1. The fraction of sp³-hybridized carbons (Fsp3) is 0.